The minimum Gasteiger partial charge on any atom is -0.376 e. The molecule has 1 aliphatic rings. The minimum absolute atomic E-state index is 0.0242. The van der Waals surface area contributed by atoms with Gasteiger partial charge in [0.05, 0.1) is 17.5 Å². The van der Waals surface area contributed by atoms with Crippen LogP contribution in [0.25, 0.3) is 0 Å². The van der Waals surface area contributed by atoms with Gasteiger partial charge in [-0.25, -0.2) is 8.42 Å². The maximum atomic E-state index is 13.2. The molecule has 29 heavy (non-hydrogen) atoms. The van der Waals surface area contributed by atoms with E-state index in [1.165, 1.54) is 12.1 Å². The lowest BCUT2D eigenvalue weighted by molar-refractivity contribution is -0.121. The molecule has 0 aliphatic carbocycles. The van der Waals surface area contributed by atoms with Gasteiger partial charge >= 0.3 is 0 Å². The Morgan fingerprint density at radius 3 is 2.59 bits per heavy atom. The maximum absolute atomic E-state index is 13.2. The first-order valence-electron chi connectivity index (χ1n) is 9.23. The van der Waals surface area contributed by atoms with Crippen LogP contribution in [0, 0.1) is 0 Å². The van der Waals surface area contributed by atoms with Crippen LogP contribution in [0.3, 0.4) is 0 Å². The Hall–Kier alpha value is -1.64. The van der Waals surface area contributed by atoms with Gasteiger partial charge in [0.2, 0.25) is 15.9 Å². The van der Waals surface area contributed by atoms with Crippen LogP contribution in [0.5, 0.6) is 0 Å². The number of benzene rings is 2. The number of carbonyl (C=O) groups is 1. The Balaban J connectivity index is 1.79. The molecule has 0 bridgehead atoms. The molecule has 1 heterocycles. The second-order valence-corrected chi connectivity index (χ2v) is 9.54. The average Bonchev–Trinajstić information content (AvgIpc) is 3.22. The Morgan fingerprint density at radius 1 is 1.17 bits per heavy atom. The van der Waals surface area contributed by atoms with Crippen LogP contribution in [0.2, 0.25) is 10.0 Å². The number of halogens is 2. The lowest BCUT2D eigenvalue weighted by atomic mass is 10.2. The maximum Gasteiger partial charge on any atom is 0.243 e. The summed E-state index contributed by atoms with van der Waals surface area (Å²) in [6.07, 6.45) is 1.82. The van der Waals surface area contributed by atoms with Crippen molar-refractivity contribution in [2.24, 2.45) is 0 Å². The topological polar surface area (TPSA) is 75.7 Å². The molecule has 0 radical (unpaired) electrons. The fraction of sp³-hybridized carbons (Fsp3) is 0.350. The normalized spacial score (nSPS) is 16.9. The van der Waals surface area contributed by atoms with Crippen molar-refractivity contribution < 1.29 is 17.9 Å². The predicted molar refractivity (Wildman–Crippen MR) is 112 cm³/mol. The van der Waals surface area contributed by atoms with Gasteiger partial charge in [0.1, 0.15) is 0 Å². The van der Waals surface area contributed by atoms with Crippen LogP contribution in [-0.4, -0.2) is 44.4 Å². The molecule has 156 valence electrons. The summed E-state index contributed by atoms with van der Waals surface area (Å²) in [4.78, 5) is 12.6. The van der Waals surface area contributed by atoms with Gasteiger partial charge in [0.25, 0.3) is 0 Å². The molecule has 0 aromatic heterocycles. The molecule has 9 heteroatoms. The lowest BCUT2D eigenvalue weighted by Crippen LogP contribution is -2.42. The average molecular weight is 457 g/mol. The van der Waals surface area contributed by atoms with E-state index >= 15 is 0 Å². The second kappa shape index (κ2) is 9.91. The first-order chi connectivity index (χ1) is 13.9. The Kier molecular flexibility index (Phi) is 7.54. The van der Waals surface area contributed by atoms with E-state index in [0.717, 1.165) is 17.1 Å². The molecule has 1 saturated heterocycles. The minimum atomic E-state index is -3.91. The molecule has 2 aromatic rings. The summed E-state index contributed by atoms with van der Waals surface area (Å²) in [5.74, 6) is -0.398. The molecule has 1 amide bonds. The number of nitrogens with zero attached hydrogens (tertiary/aromatic N) is 1. The lowest BCUT2D eigenvalue weighted by Gasteiger charge is -2.23. The third-order valence-corrected chi connectivity index (χ3v) is 7.01. The van der Waals surface area contributed by atoms with Crippen LogP contribution >= 0.6 is 23.2 Å². The van der Waals surface area contributed by atoms with Crippen LogP contribution in [0.15, 0.2) is 53.4 Å². The van der Waals surface area contributed by atoms with Crippen LogP contribution in [0.1, 0.15) is 18.4 Å². The van der Waals surface area contributed by atoms with Crippen molar-refractivity contribution in [3.8, 4) is 0 Å². The van der Waals surface area contributed by atoms with Crippen molar-refractivity contribution in [2.75, 3.05) is 19.7 Å². The fourth-order valence-electron chi connectivity index (χ4n) is 3.06. The van der Waals surface area contributed by atoms with E-state index in [1.54, 1.807) is 36.4 Å². The number of ether oxygens (including phenoxy) is 1. The monoisotopic (exact) mass is 456 g/mol. The smallest absolute Gasteiger partial charge is 0.243 e. The molecule has 1 atom stereocenters. The highest BCUT2D eigenvalue weighted by molar-refractivity contribution is 7.89. The number of nitrogens with one attached hydrogen (secondary N) is 1. The van der Waals surface area contributed by atoms with Crippen LogP contribution < -0.4 is 5.32 Å². The van der Waals surface area contributed by atoms with E-state index in [1.807, 2.05) is 0 Å². The zero-order chi connectivity index (χ0) is 20.9. The quantitative estimate of drug-likeness (QED) is 0.659. The van der Waals surface area contributed by atoms with Gasteiger partial charge < -0.3 is 10.1 Å². The van der Waals surface area contributed by atoms with Crippen molar-refractivity contribution in [1.82, 2.24) is 9.62 Å². The summed E-state index contributed by atoms with van der Waals surface area (Å²) in [7, 11) is -3.91. The fourth-order valence-corrected chi connectivity index (χ4v) is 4.92. The van der Waals surface area contributed by atoms with Crippen molar-refractivity contribution >= 4 is 39.1 Å². The van der Waals surface area contributed by atoms with Gasteiger partial charge in [-0.05, 0) is 42.7 Å². The predicted octanol–water partition coefficient (Wildman–Crippen LogP) is 3.48. The van der Waals surface area contributed by atoms with E-state index in [4.69, 9.17) is 27.9 Å². The van der Waals surface area contributed by atoms with E-state index in [9.17, 15) is 13.2 Å². The van der Waals surface area contributed by atoms with Gasteiger partial charge in [-0.1, -0.05) is 47.5 Å². The molecule has 2 aromatic carbocycles. The third-order valence-electron chi connectivity index (χ3n) is 4.61. The summed E-state index contributed by atoms with van der Waals surface area (Å²) in [5, 5.41) is 3.55. The number of amides is 1. The summed E-state index contributed by atoms with van der Waals surface area (Å²) < 4.78 is 32.9. The molecule has 1 aliphatic heterocycles. The second-order valence-electron chi connectivity index (χ2n) is 6.76. The molecule has 0 spiro atoms. The number of rotatable bonds is 8. The summed E-state index contributed by atoms with van der Waals surface area (Å²) in [6, 6.07) is 12.8. The van der Waals surface area contributed by atoms with Crippen molar-refractivity contribution in [3.63, 3.8) is 0 Å². The van der Waals surface area contributed by atoms with Crippen molar-refractivity contribution in [1.29, 1.82) is 0 Å². The largest absolute Gasteiger partial charge is 0.376 e. The van der Waals surface area contributed by atoms with Gasteiger partial charge in [-0.15, -0.1) is 0 Å². The zero-order valence-electron chi connectivity index (χ0n) is 15.7. The molecule has 0 unspecified atom stereocenters. The van der Waals surface area contributed by atoms with Gasteiger partial charge in [0, 0.05) is 29.7 Å². The van der Waals surface area contributed by atoms with E-state index in [2.05, 4.69) is 5.32 Å². The standard InChI is InChI=1S/C20H22Cl2N2O4S/c21-16-9-8-15(19(22)11-16)13-24(29(26,27)18-6-2-1-3-7-18)14-20(25)23-12-17-5-4-10-28-17/h1-3,6-9,11,17H,4-5,10,12-14H2,(H,23,25)/t17-/m0/s1. The number of hydrogen-bond donors (Lipinski definition) is 1. The highest BCUT2D eigenvalue weighted by atomic mass is 35.5. The van der Waals surface area contributed by atoms with Gasteiger partial charge in [-0.2, -0.15) is 4.31 Å². The molecule has 0 saturated carbocycles. The van der Waals surface area contributed by atoms with Gasteiger partial charge in [0.15, 0.2) is 0 Å². The SMILES string of the molecule is O=C(CN(Cc1ccc(Cl)cc1Cl)S(=O)(=O)c1ccccc1)NC[C@@H]1CCCO1. The van der Waals surface area contributed by atoms with Crippen molar-refractivity contribution in [3.05, 3.63) is 64.1 Å². The molecule has 1 N–H and O–H groups in total. The summed E-state index contributed by atoms with van der Waals surface area (Å²) in [6.45, 7) is 0.660. The Bertz CT molecular complexity index is 948. The first-order valence-corrected chi connectivity index (χ1v) is 11.4. The summed E-state index contributed by atoms with van der Waals surface area (Å²) in [5.41, 5.74) is 0.558. The van der Waals surface area contributed by atoms with E-state index < -0.39 is 15.9 Å². The van der Waals surface area contributed by atoms with Crippen LogP contribution in [0.4, 0.5) is 0 Å². The zero-order valence-corrected chi connectivity index (χ0v) is 18.0. The number of sulfonamides is 1. The Morgan fingerprint density at radius 2 is 1.93 bits per heavy atom. The third kappa shape index (κ3) is 5.93. The number of hydrogen-bond acceptors (Lipinski definition) is 4. The summed E-state index contributed by atoms with van der Waals surface area (Å²) >= 11 is 12.2. The highest BCUT2D eigenvalue weighted by Crippen LogP contribution is 2.25. The molecular formula is C20H22Cl2N2O4S. The van der Waals surface area contributed by atoms with E-state index in [-0.39, 0.29) is 24.1 Å². The molecule has 1 fully saturated rings. The molecular weight excluding hydrogens is 435 g/mol. The number of carbonyl (C=O) groups excluding carboxylic acids is 1. The Labute approximate surface area is 180 Å². The van der Waals surface area contributed by atoms with E-state index in [0.29, 0.717) is 28.8 Å². The van der Waals surface area contributed by atoms with Gasteiger partial charge in [-0.3, -0.25) is 4.79 Å². The molecule has 6 nitrogen and oxygen atoms in total. The highest BCUT2D eigenvalue weighted by Gasteiger charge is 2.28. The van der Waals surface area contributed by atoms with Crippen molar-refractivity contribution in [2.45, 2.75) is 30.4 Å². The first kappa shape index (κ1) is 22.1. The van der Waals surface area contributed by atoms with Crippen LogP contribution in [-0.2, 0) is 26.1 Å². The molecule has 3 rings (SSSR count).